The minimum Gasteiger partial charge on any atom is -0.461 e. The highest BCUT2D eigenvalue weighted by Gasteiger charge is 2.62. The number of fused-ring (bicyclic) bond motifs is 2. The molecule has 0 saturated carbocycles. The Labute approximate surface area is 175 Å². The van der Waals surface area contributed by atoms with Crippen LogP contribution in [-0.2, 0) is 13.6 Å². The first-order valence-corrected chi connectivity index (χ1v) is 12.2. The molecule has 2 aliphatic heterocycles. The number of rotatable bonds is 2. The summed E-state index contributed by atoms with van der Waals surface area (Å²) >= 11 is 0. The molecule has 2 heterocycles. The van der Waals surface area contributed by atoms with Gasteiger partial charge in [-0.25, -0.2) is 0 Å². The average Bonchev–Trinajstić information content (AvgIpc) is 2.66. The summed E-state index contributed by atoms with van der Waals surface area (Å²) in [7, 11) is -2.50. The van der Waals surface area contributed by atoms with Gasteiger partial charge >= 0.3 is 8.56 Å². The van der Waals surface area contributed by atoms with Crippen LogP contribution in [0.15, 0.2) is 54.6 Å². The third-order valence-electron chi connectivity index (χ3n) is 5.85. The lowest BCUT2D eigenvalue weighted by Crippen LogP contribution is -2.65. The largest absolute Gasteiger partial charge is 0.461 e. The van der Waals surface area contributed by atoms with Crippen molar-refractivity contribution in [1.29, 1.82) is 0 Å². The zero-order valence-electron chi connectivity index (χ0n) is 18.3. The van der Waals surface area contributed by atoms with Crippen LogP contribution in [-0.4, -0.2) is 33.7 Å². The minimum absolute atomic E-state index is 0.0413. The zero-order chi connectivity index (χ0) is 20.9. The van der Waals surface area contributed by atoms with E-state index in [1.807, 2.05) is 30.3 Å². The van der Waals surface area contributed by atoms with Gasteiger partial charge in [0.25, 0.3) is 0 Å². The van der Waals surface area contributed by atoms with Crippen LogP contribution in [0.2, 0.25) is 10.1 Å². The van der Waals surface area contributed by atoms with Crippen molar-refractivity contribution in [3.05, 3.63) is 54.6 Å². The molecule has 2 aliphatic rings. The maximum absolute atomic E-state index is 6.72. The maximum Gasteiger partial charge on any atom is 0.349 e. The predicted molar refractivity (Wildman–Crippen MR) is 118 cm³/mol. The Bertz CT molecular complexity index is 890. The predicted octanol–water partition coefficient (Wildman–Crippen LogP) is 5.96. The molecule has 0 unspecified atom stereocenters. The lowest BCUT2D eigenvalue weighted by molar-refractivity contribution is -0.163. The van der Waals surface area contributed by atoms with Gasteiger partial charge in [0.1, 0.15) is 11.9 Å². The molecule has 3 atom stereocenters. The van der Waals surface area contributed by atoms with Gasteiger partial charge in [0.15, 0.2) is 0 Å². The van der Waals surface area contributed by atoms with Crippen LogP contribution < -0.4 is 4.74 Å². The molecule has 2 aromatic carbocycles. The molecule has 1 saturated heterocycles. The van der Waals surface area contributed by atoms with E-state index in [-0.39, 0.29) is 22.3 Å². The summed E-state index contributed by atoms with van der Waals surface area (Å²) < 4.78 is 25.7. The van der Waals surface area contributed by atoms with Crippen molar-refractivity contribution in [2.75, 3.05) is 6.61 Å². The Kier molecular flexibility index (Phi) is 5.14. The van der Waals surface area contributed by atoms with E-state index in [2.05, 4.69) is 65.8 Å². The van der Waals surface area contributed by atoms with Crippen molar-refractivity contribution < 1.29 is 18.3 Å². The van der Waals surface area contributed by atoms with Crippen LogP contribution in [0.5, 0.6) is 5.75 Å². The molecule has 0 N–H and O–H groups in total. The zero-order valence-corrected chi connectivity index (χ0v) is 19.3. The van der Waals surface area contributed by atoms with E-state index in [9.17, 15) is 0 Å². The van der Waals surface area contributed by atoms with E-state index < -0.39 is 14.9 Å². The second-order valence-electron chi connectivity index (χ2n) is 10.0. The number of benzene rings is 2. The van der Waals surface area contributed by atoms with E-state index >= 15 is 0 Å². The number of hydrogen-bond acceptors (Lipinski definition) is 4. The lowest BCUT2D eigenvalue weighted by Gasteiger charge is -2.54. The van der Waals surface area contributed by atoms with Gasteiger partial charge in [0, 0.05) is 15.5 Å². The summed E-state index contributed by atoms with van der Waals surface area (Å²) in [5.41, 5.74) is 0. The monoisotopic (exact) mass is 412 g/mol. The highest BCUT2D eigenvalue weighted by Crippen LogP contribution is 2.54. The fraction of sp³-hybridized carbons (Fsp3) is 0.500. The van der Waals surface area contributed by atoms with Crippen LogP contribution in [0.1, 0.15) is 41.5 Å². The molecule has 0 aromatic heterocycles. The highest BCUT2D eigenvalue weighted by atomic mass is 28.4. The fourth-order valence-corrected chi connectivity index (χ4v) is 9.60. The minimum atomic E-state index is -2.50. The topological polar surface area (TPSA) is 36.9 Å². The Morgan fingerprint density at radius 1 is 0.897 bits per heavy atom. The van der Waals surface area contributed by atoms with Gasteiger partial charge in [0.2, 0.25) is 6.29 Å². The summed E-state index contributed by atoms with van der Waals surface area (Å²) in [5.74, 6) is 0.821. The Morgan fingerprint density at radius 2 is 1.59 bits per heavy atom. The van der Waals surface area contributed by atoms with Gasteiger partial charge in [-0.1, -0.05) is 84.0 Å². The first kappa shape index (κ1) is 20.6. The number of hydrogen-bond donors (Lipinski definition) is 0. The SMILES string of the molecule is CC(C)(C)[Si]1(C(C)(C)C)OC[C@H]2O[C@H](Oc3cccc4ccccc34)C=C[C@H]2O1. The second kappa shape index (κ2) is 7.24. The van der Waals surface area contributed by atoms with Gasteiger partial charge < -0.3 is 18.3 Å². The van der Waals surface area contributed by atoms with Crippen molar-refractivity contribution >= 4 is 19.3 Å². The molecule has 0 radical (unpaired) electrons. The van der Waals surface area contributed by atoms with E-state index in [4.69, 9.17) is 18.3 Å². The molecule has 5 heteroatoms. The first-order valence-electron chi connectivity index (χ1n) is 10.4. The van der Waals surface area contributed by atoms with Crippen molar-refractivity contribution in [2.45, 2.75) is 70.1 Å². The Hall–Kier alpha value is -1.66. The maximum atomic E-state index is 6.72. The van der Waals surface area contributed by atoms with Gasteiger partial charge in [-0.05, 0) is 17.5 Å². The molecule has 4 nitrogen and oxygen atoms in total. The molecule has 0 amide bonds. The smallest absolute Gasteiger partial charge is 0.349 e. The van der Waals surface area contributed by atoms with Crippen molar-refractivity contribution in [1.82, 2.24) is 0 Å². The van der Waals surface area contributed by atoms with Gasteiger partial charge in [-0.2, -0.15) is 0 Å². The standard InChI is InChI=1S/C24H32O4Si/c1-23(2,3)29(24(4,5)6)25-16-21-20(28-29)14-15-22(27-21)26-19-13-9-11-17-10-7-8-12-18(17)19/h7-15,20-22H,16H2,1-6H3/t20-,21-,22+/m1/s1. The molecule has 0 spiro atoms. The molecular formula is C24H32O4Si. The summed E-state index contributed by atoms with van der Waals surface area (Å²) in [6, 6.07) is 14.3. The van der Waals surface area contributed by atoms with Crippen molar-refractivity contribution in [3.63, 3.8) is 0 Å². The second-order valence-corrected chi connectivity index (χ2v) is 14.8. The number of ether oxygens (including phenoxy) is 2. The third-order valence-corrected chi connectivity index (χ3v) is 11.0. The average molecular weight is 413 g/mol. The molecule has 0 bridgehead atoms. The Balaban J connectivity index is 1.55. The normalized spacial score (nSPS) is 26.9. The van der Waals surface area contributed by atoms with Crippen LogP contribution in [0, 0.1) is 0 Å². The first-order chi connectivity index (χ1) is 13.6. The van der Waals surface area contributed by atoms with Gasteiger partial charge in [0.05, 0.1) is 12.7 Å². The third kappa shape index (κ3) is 3.65. The van der Waals surface area contributed by atoms with Crippen LogP contribution in [0.25, 0.3) is 10.8 Å². The van der Waals surface area contributed by atoms with Gasteiger partial charge in [-0.3, -0.25) is 0 Å². The van der Waals surface area contributed by atoms with Crippen molar-refractivity contribution in [3.8, 4) is 5.75 Å². The lowest BCUT2D eigenvalue weighted by atomic mass is 10.1. The molecule has 0 aliphatic carbocycles. The summed E-state index contributed by atoms with van der Waals surface area (Å²) in [6.45, 7) is 13.9. The fourth-order valence-electron chi connectivity index (χ4n) is 4.70. The quantitative estimate of drug-likeness (QED) is 0.451. The molecule has 2 aromatic rings. The molecular weight excluding hydrogens is 380 g/mol. The van der Waals surface area contributed by atoms with Crippen LogP contribution >= 0.6 is 0 Å². The van der Waals surface area contributed by atoms with Gasteiger partial charge in [-0.15, -0.1) is 0 Å². The molecule has 4 rings (SSSR count). The van der Waals surface area contributed by atoms with Crippen LogP contribution in [0.4, 0.5) is 0 Å². The Morgan fingerprint density at radius 3 is 2.31 bits per heavy atom. The molecule has 1 fully saturated rings. The summed E-state index contributed by atoms with van der Waals surface area (Å²) in [5, 5.41) is 2.15. The van der Waals surface area contributed by atoms with E-state index in [0.717, 1.165) is 16.5 Å². The van der Waals surface area contributed by atoms with E-state index in [1.165, 1.54) is 0 Å². The molecule has 156 valence electrons. The van der Waals surface area contributed by atoms with Crippen molar-refractivity contribution in [2.24, 2.45) is 0 Å². The summed E-state index contributed by atoms with van der Waals surface area (Å²) in [6.07, 6.45) is 3.36. The van der Waals surface area contributed by atoms with Crippen LogP contribution in [0.3, 0.4) is 0 Å². The van der Waals surface area contributed by atoms with E-state index in [1.54, 1.807) is 0 Å². The highest BCUT2D eigenvalue weighted by molar-refractivity contribution is 6.73. The molecule has 29 heavy (non-hydrogen) atoms. The summed E-state index contributed by atoms with van der Waals surface area (Å²) in [4.78, 5) is 0. The van der Waals surface area contributed by atoms with E-state index in [0.29, 0.717) is 6.61 Å².